The fourth-order valence-corrected chi connectivity index (χ4v) is 3.09. The van der Waals surface area contributed by atoms with Gasteiger partial charge in [-0.25, -0.2) is 4.98 Å². The summed E-state index contributed by atoms with van der Waals surface area (Å²) < 4.78 is 1.68. The summed E-state index contributed by atoms with van der Waals surface area (Å²) in [6, 6.07) is 10.9. The largest absolute Gasteiger partial charge is 0.382 e. The predicted molar refractivity (Wildman–Crippen MR) is 107 cm³/mol. The van der Waals surface area contributed by atoms with Crippen molar-refractivity contribution in [3.63, 3.8) is 0 Å². The number of aromatic nitrogens is 3. The van der Waals surface area contributed by atoms with E-state index in [1.165, 1.54) is 18.5 Å². The molecule has 0 atom stereocenters. The molecule has 1 aliphatic rings. The first-order valence-electron chi connectivity index (χ1n) is 9.20. The maximum Gasteiger partial charge on any atom is 0.179 e. The highest BCUT2D eigenvalue weighted by Crippen LogP contribution is 2.29. The number of nitrogens with one attached hydrogen (secondary N) is 2. The SMILES string of the molecule is CCN(CC)c1ccc(Nc2cc(NC3CC3)c3ncc(N)n3n2)cc1. The zero-order chi connectivity index (χ0) is 18.1. The quantitative estimate of drug-likeness (QED) is 0.604. The molecule has 1 fully saturated rings. The van der Waals surface area contributed by atoms with Crippen molar-refractivity contribution in [2.45, 2.75) is 32.7 Å². The van der Waals surface area contributed by atoms with Crippen molar-refractivity contribution in [1.82, 2.24) is 14.6 Å². The molecule has 0 aliphatic heterocycles. The third-order valence-corrected chi connectivity index (χ3v) is 4.70. The van der Waals surface area contributed by atoms with Crippen LogP contribution in [0.4, 0.5) is 28.7 Å². The van der Waals surface area contributed by atoms with E-state index in [1.807, 2.05) is 6.07 Å². The Hall–Kier alpha value is -2.96. The van der Waals surface area contributed by atoms with Gasteiger partial charge in [-0.1, -0.05) is 0 Å². The van der Waals surface area contributed by atoms with Crippen LogP contribution in [0.3, 0.4) is 0 Å². The Balaban J connectivity index is 1.61. The number of anilines is 5. The molecule has 4 N–H and O–H groups in total. The molecular formula is C19H25N7. The maximum atomic E-state index is 6.01. The van der Waals surface area contributed by atoms with Crippen LogP contribution in [0, 0.1) is 0 Å². The summed E-state index contributed by atoms with van der Waals surface area (Å²) in [5, 5.41) is 11.5. The summed E-state index contributed by atoms with van der Waals surface area (Å²) in [4.78, 5) is 6.69. The van der Waals surface area contributed by atoms with Crippen molar-refractivity contribution < 1.29 is 0 Å². The topological polar surface area (TPSA) is 83.5 Å². The van der Waals surface area contributed by atoms with Crippen molar-refractivity contribution >= 4 is 34.3 Å². The molecular weight excluding hydrogens is 326 g/mol. The predicted octanol–water partition coefficient (Wildman–Crippen LogP) is 3.48. The molecule has 136 valence electrons. The molecule has 0 bridgehead atoms. The van der Waals surface area contributed by atoms with Gasteiger partial charge in [-0.15, -0.1) is 5.10 Å². The third-order valence-electron chi connectivity index (χ3n) is 4.70. The standard InChI is InChI=1S/C19H25N7/c1-3-25(4-2)15-9-7-14(8-10-15)23-18-11-16(22-13-5-6-13)19-21-12-17(20)26(19)24-18/h7-13,22H,3-6,20H2,1-2H3,(H,23,24). The van der Waals surface area contributed by atoms with Gasteiger partial charge in [0, 0.05) is 36.6 Å². The molecule has 4 rings (SSSR count). The molecule has 2 aromatic heterocycles. The van der Waals surface area contributed by atoms with Gasteiger partial charge >= 0.3 is 0 Å². The molecule has 0 saturated heterocycles. The molecule has 0 spiro atoms. The minimum Gasteiger partial charge on any atom is -0.382 e. The lowest BCUT2D eigenvalue weighted by Gasteiger charge is -2.21. The zero-order valence-electron chi connectivity index (χ0n) is 15.2. The highest BCUT2D eigenvalue weighted by atomic mass is 15.3. The van der Waals surface area contributed by atoms with E-state index in [9.17, 15) is 0 Å². The lowest BCUT2D eigenvalue weighted by Crippen LogP contribution is -2.21. The summed E-state index contributed by atoms with van der Waals surface area (Å²) in [6.07, 6.45) is 4.03. The Bertz CT molecular complexity index is 892. The molecule has 26 heavy (non-hydrogen) atoms. The molecule has 0 unspecified atom stereocenters. The average molecular weight is 351 g/mol. The Morgan fingerprint density at radius 2 is 1.92 bits per heavy atom. The summed E-state index contributed by atoms with van der Waals surface area (Å²) in [6.45, 7) is 6.33. The number of rotatable bonds is 7. The lowest BCUT2D eigenvalue weighted by molar-refractivity contribution is 0.866. The Morgan fingerprint density at radius 3 is 2.58 bits per heavy atom. The first kappa shape index (κ1) is 16.5. The number of nitrogens with two attached hydrogens (primary N) is 1. The van der Waals surface area contributed by atoms with Gasteiger partial charge in [0.15, 0.2) is 11.5 Å². The van der Waals surface area contributed by atoms with Crippen LogP contribution in [-0.2, 0) is 0 Å². The third kappa shape index (κ3) is 3.24. The van der Waals surface area contributed by atoms with Gasteiger partial charge in [0.25, 0.3) is 0 Å². The van der Waals surface area contributed by atoms with Crippen LogP contribution < -0.4 is 21.3 Å². The van der Waals surface area contributed by atoms with Crippen molar-refractivity contribution in [3.8, 4) is 0 Å². The van der Waals surface area contributed by atoms with Crippen LogP contribution in [0.1, 0.15) is 26.7 Å². The van der Waals surface area contributed by atoms with Gasteiger partial charge in [-0.3, -0.25) is 0 Å². The van der Waals surface area contributed by atoms with Crippen LogP contribution in [0.5, 0.6) is 0 Å². The number of nitrogens with zero attached hydrogens (tertiary/aromatic N) is 4. The number of hydrogen-bond donors (Lipinski definition) is 3. The first-order valence-corrected chi connectivity index (χ1v) is 9.20. The number of fused-ring (bicyclic) bond motifs is 1. The van der Waals surface area contributed by atoms with Crippen LogP contribution in [0.25, 0.3) is 5.65 Å². The molecule has 0 radical (unpaired) electrons. The molecule has 1 saturated carbocycles. The Morgan fingerprint density at radius 1 is 1.19 bits per heavy atom. The van der Waals surface area contributed by atoms with E-state index in [1.54, 1.807) is 10.7 Å². The highest BCUT2D eigenvalue weighted by molar-refractivity contribution is 5.74. The second kappa shape index (κ2) is 6.74. The smallest absolute Gasteiger partial charge is 0.179 e. The van der Waals surface area contributed by atoms with Crippen LogP contribution in [-0.4, -0.2) is 33.7 Å². The molecule has 2 heterocycles. The molecule has 3 aromatic rings. The molecule has 7 nitrogen and oxygen atoms in total. The van der Waals surface area contributed by atoms with Crippen LogP contribution in [0.2, 0.25) is 0 Å². The van der Waals surface area contributed by atoms with E-state index in [4.69, 9.17) is 5.73 Å². The number of nitrogen functional groups attached to an aromatic ring is 1. The lowest BCUT2D eigenvalue weighted by atomic mass is 10.2. The van der Waals surface area contributed by atoms with Crippen molar-refractivity contribution in [2.75, 3.05) is 34.4 Å². The van der Waals surface area contributed by atoms with E-state index >= 15 is 0 Å². The average Bonchev–Trinajstić information content (AvgIpc) is 3.39. The fourth-order valence-electron chi connectivity index (χ4n) is 3.09. The maximum absolute atomic E-state index is 6.01. The molecule has 1 aliphatic carbocycles. The normalized spacial score (nSPS) is 13.8. The summed E-state index contributed by atoms with van der Waals surface area (Å²) in [5.74, 6) is 1.26. The minimum absolute atomic E-state index is 0.527. The fraction of sp³-hybridized carbons (Fsp3) is 0.368. The van der Waals surface area contributed by atoms with E-state index < -0.39 is 0 Å². The number of hydrogen-bond acceptors (Lipinski definition) is 6. The second-order valence-corrected chi connectivity index (χ2v) is 6.62. The van der Waals surface area contributed by atoms with Crippen molar-refractivity contribution in [2.24, 2.45) is 0 Å². The van der Waals surface area contributed by atoms with E-state index in [-0.39, 0.29) is 0 Å². The minimum atomic E-state index is 0.527. The molecule has 0 amide bonds. The second-order valence-electron chi connectivity index (χ2n) is 6.62. The monoisotopic (exact) mass is 351 g/mol. The van der Waals surface area contributed by atoms with Crippen LogP contribution in [0.15, 0.2) is 36.5 Å². The molecule has 7 heteroatoms. The Labute approximate surface area is 153 Å². The Kier molecular flexibility index (Phi) is 4.28. The number of benzene rings is 1. The van der Waals surface area contributed by atoms with Gasteiger partial charge in [-0.2, -0.15) is 4.52 Å². The van der Waals surface area contributed by atoms with Gasteiger partial charge in [-0.05, 0) is 51.0 Å². The van der Waals surface area contributed by atoms with Gasteiger partial charge < -0.3 is 21.3 Å². The van der Waals surface area contributed by atoms with E-state index in [0.29, 0.717) is 11.9 Å². The zero-order valence-corrected chi connectivity index (χ0v) is 15.2. The number of imidazole rings is 1. The van der Waals surface area contributed by atoms with Gasteiger partial charge in [0.05, 0.1) is 11.9 Å². The van der Waals surface area contributed by atoms with Crippen molar-refractivity contribution in [3.05, 3.63) is 36.5 Å². The summed E-state index contributed by atoms with van der Waals surface area (Å²) >= 11 is 0. The van der Waals surface area contributed by atoms with E-state index in [0.717, 1.165) is 35.9 Å². The van der Waals surface area contributed by atoms with Crippen molar-refractivity contribution in [1.29, 1.82) is 0 Å². The summed E-state index contributed by atoms with van der Waals surface area (Å²) in [7, 11) is 0. The van der Waals surface area contributed by atoms with Gasteiger partial charge in [0.2, 0.25) is 0 Å². The summed E-state index contributed by atoms with van der Waals surface area (Å²) in [5.41, 5.74) is 9.95. The first-order chi connectivity index (χ1) is 12.7. The highest BCUT2D eigenvalue weighted by Gasteiger charge is 2.23. The van der Waals surface area contributed by atoms with Crippen LogP contribution >= 0.6 is 0 Å². The molecule has 1 aromatic carbocycles. The van der Waals surface area contributed by atoms with E-state index in [2.05, 4.69) is 63.7 Å². The van der Waals surface area contributed by atoms with Gasteiger partial charge in [0.1, 0.15) is 5.82 Å².